The van der Waals surface area contributed by atoms with Crippen molar-refractivity contribution >= 4 is 23.1 Å². The summed E-state index contributed by atoms with van der Waals surface area (Å²) >= 11 is 0. The number of nitrogens with zero attached hydrogens (tertiary/aromatic N) is 4. The van der Waals surface area contributed by atoms with Gasteiger partial charge in [-0.05, 0) is 45.7 Å². The summed E-state index contributed by atoms with van der Waals surface area (Å²) in [6, 6.07) is 46.8. The van der Waals surface area contributed by atoms with E-state index in [2.05, 4.69) is 128 Å². The standard InChI is InChI=1S/C42H32N4/c1-42(2)35-21-13-12-20-31(35)32-25-34-33-24-30(27-14-6-3-7-15-27)22-23-37(33)46(38(34)26-36(32)42)41-44-39(28-16-8-4-9-17-28)43-40(45-41)29-18-10-5-11-19-29/h3-26,32,36H,1-2H3. The fourth-order valence-corrected chi connectivity index (χ4v) is 7.65. The molecule has 0 saturated carbocycles. The van der Waals surface area contributed by atoms with Gasteiger partial charge in [-0.3, -0.25) is 4.57 Å². The summed E-state index contributed by atoms with van der Waals surface area (Å²) in [6.45, 7) is 4.77. The molecule has 2 heterocycles. The summed E-state index contributed by atoms with van der Waals surface area (Å²) < 4.78 is 2.27. The van der Waals surface area contributed by atoms with Crippen molar-refractivity contribution in [2.24, 2.45) is 5.92 Å². The van der Waals surface area contributed by atoms with Gasteiger partial charge in [0.2, 0.25) is 5.95 Å². The van der Waals surface area contributed by atoms with Gasteiger partial charge in [-0.15, -0.1) is 0 Å². The summed E-state index contributed by atoms with van der Waals surface area (Å²) in [7, 11) is 0. The second-order valence-electron chi connectivity index (χ2n) is 12.9. The lowest BCUT2D eigenvalue weighted by molar-refractivity contribution is 0.421. The first-order valence-electron chi connectivity index (χ1n) is 16.0. The van der Waals surface area contributed by atoms with Crippen LogP contribution in [0, 0.1) is 5.92 Å². The smallest absolute Gasteiger partial charge is 0.238 e. The molecule has 2 unspecified atom stereocenters. The van der Waals surface area contributed by atoms with E-state index in [9.17, 15) is 0 Å². The Labute approximate surface area is 268 Å². The monoisotopic (exact) mass is 592 g/mol. The lowest BCUT2D eigenvalue weighted by Crippen LogP contribution is -2.38. The molecule has 0 N–H and O–H groups in total. The van der Waals surface area contributed by atoms with Crippen molar-refractivity contribution in [3.05, 3.63) is 155 Å². The van der Waals surface area contributed by atoms with Crippen LogP contribution in [0.15, 0.2) is 133 Å². The molecule has 4 heteroatoms. The van der Waals surface area contributed by atoms with Crippen molar-refractivity contribution in [1.29, 1.82) is 0 Å². The molecule has 2 atom stereocenters. The van der Waals surface area contributed by atoms with Gasteiger partial charge in [0.1, 0.15) is 0 Å². The van der Waals surface area contributed by atoms with Gasteiger partial charge < -0.3 is 0 Å². The van der Waals surface area contributed by atoms with E-state index in [0.717, 1.165) is 22.0 Å². The zero-order valence-electron chi connectivity index (χ0n) is 25.8. The summed E-state index contributed by atoms with van der Waals surface area (Å²) in [5, 5.41) is 3.59. The molecule has 220 valence electrons. The van der Waals surface area contributed by atoms with Crippen LogP contribution in [0.3, 0.4) is 0 Å². The van der Waals surface area contributed by atoms with E-state index >= 15 is 0 Å². The van der Waals surface area contributed by atoms with Crippen LogP contribution < -0.4 is 10.6 Å². The van der Waals surface area contributed by atoms with E-state index < -0.39 is 0 Å². The lowest BCUT2D eigenvalue weighted by Gasteiger charge is -2.29. The van der Waals surface area contributed by atoms with Crippen LogP contribution in [0.4, 0.5) is 0 Å². The molecule has 0 saturated heterocycles. The second-order valence-corrected chi connectivity index (χ2v) is 12.9. The van der Waals surface area contributed by atoms with Crippen molar-refractivity contribution in [2.75, 3.05) is 0 Å². The SMILES string of the molecule is CC1(C)c2ccccc2C2C=c3c(n(-c4nc(-c5ccccc5)nc(-c5ccccc5)n4)c4ccc(-c5ccccc5)cc34)=CC21. The third-order valence-corrected chi connectivity index (χ3v) is 9.96. The average molecular weight is 593 g/mol. The van der Waals surface area contributed by atoms with E-state index in [1.807, 2.05) is 36.4 Å². The second kappa shape index (κ2) is 10.2. The molecular weight excluding hydrogens is 560 g/mol. The number of rotatable bonds is 4. The molecule has 0 amide bonds. The first-order valence-corrected chi connectivity index (χ1v) is 16.0. The molecule has 9 rings (SSSR count). The minimum absolute atomic E-state index is 0.0184. The topological polar surface area (TPSA) is 43.6 Å². The lowest BCUT2D eigenvalue weighted by atomic mass is 9.74. The van der Waals surface area contributed by atoms with Crippen LogP contribution in [0.2, 0.25) is 0 Å². The maximum atomic E-state index is 5.18. The Morgan fingerprint density at radius 2 is 1.15 bits per heavy atom. The number of hydrogen-bond acceptors (Lipinski definition) is 3. The molecule has 0 spiro atoms. The van der Waals surface area contributed by atoms with Crippen molar-refractivity contribution in [2.45, 2.75) is 25.2 Å². The van der Waals surface area contributed by atoms with Crippen molar-refractivity contribution in [3.8, 4) is 39.9 Å². The highest BCUT2D eigenvalue weighted by Gasteiger charge is 2.45. The zero-order valence-corrected chi connectivity index (χ0v) is 25.8. The first-order chi connectivity index (χ1) is 22.6. The van der Waals surface area contributed by atoms with E-state index in [1.165, 1.54) is 32.9 Å². The third-order valence-electron chi connectivity index (χ3n) is 9.96. The Bertz CT molecular complexity index is 2330. The summed E-state index contributed by atoms with van der Waals surface area (Å²) in [5.74, 6) is 2.55. The zero-order chi connectivity index (χ0) is 30.8. The van der Waals surface area contributed by atoms with Crippen LogP contribution in [-0.4, -0.2) is 19.5 Å². The Balaban J connectivity index is 1.37. The Morgan fingerprint density at radius 3 is 1.80 bits per heavy atom. The van der Waals surface area contributed by atoms with Gasteiger partial charge in [-0.25, -0.2) is 4.98 Å². The largest absolute Gasteiger partial charge is 0.278 e. The minimum Gasteiger partial charge on any atom is -0.278 e. The van der Waals surface area contributed by atoms with Crippen LogP contribution in [0.1, 0.15) is 30.9 Å². The van der Waals surface area contributed by atoms with Gasteiger partial charge in [0.25, 0.3) is 0 Å². The fraction of sp³-hybridized carbons (Fsp3) is 0.119. The normalized spacial score (nSPS) is 17.4. The highest BCUT2D eigenvalue weighted by atomic mass is 15.2. The van der Waals surface area contributed by atoms with E-state index in [4.69, 9.17) is 15.0 Å². The Kier molecular flexibility index (Phi) is 5.94. The van der Waals surface area contributed by atoms with Crippen LogP contribution in [0.5, 0.6) is 0 Å². The molecule has 0 fully saturated rings. The average Bonchev–Trinajstić information content (AvgIpc) is 3.56. The molecule has 0 aliphatic heterocycles. The van der Waals surface area contributed by atoms with E-state index in [0.29, 0.717) is 29.4 Å². The molecule has 0 radical (unpaired) electrons. The maximum Gasteiger partial charge on any atom is 0.238 e. The number of hydrogen-bond donors (Lipinski definition) is 0. The predicted molar refractivity (Wildman–Crippen MR) is 187 cm³/mol. The van der Waals surface area contributed by atoms with Gasteiger partial charge in [0, 0.05) is 27.6 Å². The van der Waals surface area contributed by atoms with E-state index in [1.54, 1.807) is 0 Å². The van der Waals surface area contributed by atoms with Gasteiger partial charge in [0.05, 0.1) is 10.9 Å². The highest BCUT2D eigenvalue weighted by Crippen LogP contribution is 2.52. The molecule has 4 nitrogen and oxygen atoms in total. The van der Waals surface area contributed by atoms with Crippen LogP contribution in [0.25, 0.3) is 62.9 Å². The summed E-state index contributed by atoms with van der Waals surface area (Å²) in [5.41, 5.74) is 8.25. The Morgan fingerprint density at radius 1 is 0.565 bits per heavy atom. The van der Waals surface area contributed by atoms with Crippen LogP contribution >= 0.6 is 0 Å². The molecule has 0 bridgehead atoms. The van der Waals surface area contributed by atoms with Crippen molar-refractivity contribution < 1.29 is 0 Å². The van der Waals surface area contributed by atoms with Crippen LogP contribution in [-0.2, 0) is 5.41 Å². The number of benzene rings is 5. The summed E-state index contributed by atoms with van der Waals surface area (Å²) in [4.78, 5) is 15.3. The van der Waals surface area contributed by atoms with Crippen molar-refractivity contribution in [1.82, 2.24) is 19.5 Å². The third kappa shape index (κ3) is 4.10. The summed E-state index contributed by atoms with van der Waals surface area (Å²) in [6.07, 6.45) is 5.01. The minimum atomic E-state index is -0.0184. The molecule has 2 aromatic heterocycles. The molecular formula is C42H32N4. The maximum absolute atomic E-state index is 5.18. The number of fused-ring (bicyclic) bond motifs is 6. The molecule has 5 aromatic carbocycles. The quantitative estimate of drug-likeness (QED) is 0.208. The van der Waals surface area contributed by atoms with Gasteiger partial charge in [0.15, 0.2) is 11.6 Å². The fourth-order valence-electron chi connectivity index (χ4n) is 7.65. The Hall–Kier alpha value is -5.61. The van der Waals surface area contributed by atoms with E-state index in [-0.39, 0.29) is 5.41 Å². The molecule has 2 aliphatic carbocycles. The highest BCUT2D eigenvalue weighted by molar-refractivity contribution is 5.89. The first kappa shape index (κ1) is 26.8. The van der Waals surface area contributed by atoms with Crippen molar-refractivity contribution in [3.63, 3.8) is 0 Å². The number of aromatic nitrogens is 4. The van der Waals surface area contributed by atoms with Gasteiger partial charge in [-0.1, -0.05) is 147 Å². The van der Waals surface area contributed by atoms with Gasteiger partial charge in [-0.2, -0.15) is 9.97 Å². The molecule has 2 aliphatic rings. The molecule has 46 heavy (non-hydrogen) atoms. The predicted octanol–water partition coefficient (Wildman–Crippen LogP) is 8.08. The molecule has 7 aromatic rings. The van der Waals surface area contributed by atoms with Gasteiger partial charge >= 0.3 is 0 Å².